The zero-order valence-electron chi connectivity index (χ0n) is 17.7. The topological polar surface area (TPSA) is 79.3 Å². The van der Waals surface area contributed by atoms with Gasteiger partial charge in [0.05, 0.1) is 11.0 Å². The minimum Gasteiger partial charge on any atom is -0.352 e. The Morgan fingerprint density at radius 3 is 2.65 bits per heavy atom. The van der Waals surface area contributed by atoms with Crippen molar-refractivity contribution in [3.63, 3.8) is 0 Å². The number of urea groups is 1. The summed E-state index contributed by atoms with van der Waals surface area (Å²) in [6.07, 6.45) is 1.51. The van der Waals surface area contributed by atoms with Crippen LogP contribution in [0.1, 0.15) is 25.3 Å². The van der Waals surface area contributed by atoms with E-state index in [1.807, 2.05) is 61.2 Å². The van der Waals surface area contributed by atoms with Crippen molar-refractivity contribution in [1.82, 2.24) is 14.9 Å². The van der Waals surface area contributed by atoms with Gasteiger partial charge >= 0.3 is 6.03 Å². The summed E-state index contributed by atoms with van der Waals surface area (Å²) in [5.41, 5.74) is 3.44. The molecule has 4 rings (SSSR count). The number of anilines is 2. The van der Waals surface area contributed by atoms with E-state index in [0.29, 0.717) is 25.5 Å². The van der Waals surface area contributed by atoms with Crippen LogP contribution in [0.5, 0.6) is 0 Å². The number of hydrogen-bond donors (Lipinski definition) is 2. The number of nitrogens with one attached hydrogen (secondary N) is 2. The quantitative estimate of drug-likeness (QED) is 0.580. The molecule has 3 aromatic rings. The molecule has 0 bridgehead atoms. The highest BCUT2D eigenvalue weighted by Gasteiger charge is 2.24. The van der Waals surface area contributed by atoms with E-state index < -0.39 is 0 Å². The number of benzene rings is 2. The van der Waals surface area contributed by atoms with Gasteiger partial charge in [0.1, 0.15) is 0 Å². The van der Waals surface area contributed by atoms with Gasteiger partial charge in [-0.25, -0.2) is 9.78 Å². The highest BCUT2D eigenvalue weighted by molar-refractivity contribution is 9.10. The van der Waals surface area contributed by atoms with Crippen LogP contribution in [-0.4, -0.2) is 34.7 Å². The second-order valence-electron chi connectivity index (χ2n) is 7.80. The predicted molar refractivity (Wildman–Crippen MR) is 128 cm³/mol. The summed E-state index contributed by atoms with van der Waals surface area (Å²) in [7, 11) is 0. The number of aryl methyl sites for hydroxylation is 2. The van der Waals surface area contributed by atoms with E-state index in [4.69, 9.17) is 0 Å². The van der Waals surface area contributed by atoms with Gasteiger partial charge in [-0.05, 0) is 62.6 Å². The Hall–Kier alpha value is -2.87. The minimum atomic E-state index is -0.211. The van der Waals surface area contributed by atoms with Crippen LogP contribution < -0.4 is 21.1 Å². The van der Waals surface area contributed by atoms with Crippen LogP contribution in [0.15, 0.2) is 51.7 Å². The van der Waals surface area contributed by atoms with E-state index in [9.17, 15) is 9.59 Å². The van der Waals surface area contributed by atoms with Gasteiger partial charge in [0, 0.05) is 35.8 Å². The third-order valence-corrected chi connectivity index (χ3v) is 6.59. The normalized spacial score (nSPS) is 14.6. The van der Waals surface area contributed by atoms with Crippen LogP contribution in [0.3, 0.4) is 0 Å². The molecule has 1 aromatic heterocycles. The van der Waals surface area contributed by atoms with Crippen molar-refractivity contribution in [2.24, 2.45) is 0 Å². The third kappa shape index (κ3) is 4.58. The molecule has 2 N–H and O–H groups in total. The zero-order chi connectivity index (χ0) is 22.0. The largest absolute Gasteiger partial charge is 0.352 e. The SMILES string of the molecule is CCn1c(=O)c(N2CCC(NC(=O)Nc3ccc(Br)c(C)c3)CC2)nc2ccccc21. The second kappa shape index (κ2) is 9.09. The van der Waals surface area contributed by atoms with Gasteiger partial charge in [0.15, 0.2) is 5.82 Å². The van der Waals surface area contributed by atoms with Gasteiger partial charge in [-0.2, -0.15) is 0 Å². The Balaban J connectivity index is 1.41. The molecule has 8 heteroatoms. The van der Waals surface area contributed by atoms with E-state index in [0.717, 1.165) is 39.6 Å². The maximum absolute atomic E-state index is 13.0. The molecule has 0 saturated carbocycles. The molecule has 1 saturated heterocycles. The van der Waals surface area contributed by atoms with E-state index >= 15 is 0 Å². The van der Waals surface area contributed by atoms with E-state index in [1.165, 1.54) is 0 Å². The molecule has 2 amide bonds. The fraction of sp³-hybridized carbons (Fsp3) is 0.348. The lowest BCUT2D eigenvalue weighted by Crippen LogP contribution is -2.47. The Labute approximate surface area is 189 Å². The number of rotatable bonds is 4. The zero-order valence-corrected chi connectivity index (χ0v) is 19.3. The molecular formula is C23H26BrN5O2. The molecular weight excluding hydrogens is 458 g/mol. The maximum Gasteiger partial charge on any atom is 0.319 e. The Bertz CT molecular complexity index is 1170. The van der Waals surface area contributed by atoms with Crippen LogP contribution in [0.4, 0.5) is 16.3 Å². The number of piperidine rings is 1. The summed E-state index contributed by atoms with van der Waals surface area (Å²) in [5, 5.41) is 5.94. The molecule has 2 aromatic carbocycles. The number of carbonyl (C=O) groups is 1. The first-order chi connectivity index (χ1) is 15.0. The summed E-state index contributed by atoms with van der Waals surface area (Å²) < 4.78 is 2.78. The van der Waals surface area contributed by atoms with Gasteiger partial charge < -0.3 is 20.1 Å². The van der Waals surface area contributed by atoms with E-state index in [2.05, 4.69) is 31.5 Å². The smallest absolute Gasteiger partial charge is 0.319 e. The summed E-state index contributed by atoms with van der Waals surface area (Å²) in [4.78, 5) is 32.1. The molecule has 0 unspecified atom stereocenters. The number of nitrogens with zero attached hydrogens (tertiary/aromatic N) is 3. The number of carbonyl (C=O) groups excluding carboxylic acids is 1. The Kier molecular flexibility index (Phi) is 6.27. The second-order valence-corrected chi connectivity index (χ2v) is 8.65. The fourth-order valence-corrected chi connectivity index (χ4v) is 4.26. The lowest BCUT2D eigenvalue weighted by molar-refractivity contribution is 0.246. The van der Waals surface area contributed by atoms with Gasteiger partial charge in [0.25, 0.3) is 5.56 Å². The van der Waals surface area contributed by atoms with E-state index in [1.54, 1.807) is 4.57 Å². The van der Waals surface area contributed by atoms with Crippen molar-refractivity contribution in [3.05, 3.63) is 62.9 Å². The van der Waals surface area contributed by atoms with Gasteiger partial charge in [-0.1, -0.05) is 28.1 Å². The highest BCUT2D eigenvalue weighted by atomic mass is 79.9. The molecule has 2 heterocycles. The highest BCUT2D eigenvalue weighted by Crippen LogP contribution is 2.21. The molecule has 0 spiro atoms. The molecule has 162 valence electrons. The first-order valence-electron chi connectivity index (χ1n) is 10.5. The van der Waals surface area contributed by atoms with Crippen molar-refractivity contribution < 1.29 is 4.79 Å². The molecule has 1 aliphatic heterocycles. The van der Waals surface area contributed by atoms with Crippen LogP contribution >= 0.6 is 15.9 Å². The van der Waals surface area contributed by atoms with Crippen molar-refractivity contribution >= 4 is 44.5 Å². The van der Waals surface area contributed by atoms with Gasteiger partial charge in [-0.15, -0.1) is 0 Å². The number of fused-ring (bicyclic) bond motifs is 1. The van der Waals surface area contributed by atoms with E-state index in [-0.39, 0.29) is 17.6 Å². The Morgan fingerprint density at radius 1 is 1.19 bits per heavy atom. The Morgan fingerprint density at radius 2 is 1.94 bits per heavy atom. The van der Waals surface area contributed by atoms with Crippen LogP contribution in [-0.2, 0) is 6.54 Å². The number of aromatic nitrogens is 2. The lowest BCUT2D eigenvalue weighted by Gasteiger charge is -2.33. The monoisotopic (exact) mass is 483 g/mol. The number of halogens is 1. The summed E-state index contributed by atoms with van der Waals surface area (Å²) in [6, 6.07) is 13.3. The van der Waals surface area contributed by atoms with Crippen LogP contribution in [0.2, 0.25) is 0 Å². The number of amides is 2. The summed E-state index contributed by atoms with van der Waals surface area (Å²) in [6.45, 7) is 5.90. The van der Waals surface area contributed by atoms with Crippen LogP contribution in [0, 0.1) is 6.92 Å². The molecule has 1 fully saturated rings. The third-order valence-electron chi connectivity index (χ3n) is 5.70. The van der Waals surface area contributed by atoms with Crippen molar-refractivity contribution in [2.75, 3.05) is 23.3 Å². The summed E-state index contributed by atoms with van der Waals surface area (Å²) >= 11 is 3.47. The average molecular weight is 484 g/mol. The summed E-state index contributed by atoms with van der Waals surface area (Å²) in [5.74, 6) is 0.494. The van der Waals surface area contributed by atoms with Gasteiger partial charge in [0.2, 0.25) is 0 Å². The average Bonchev–Trinajstić information content (AvgIpc) is 2.76. The first kappa shape index (κ1) is 21.4. The standard InChI is InChI=1S/C23H26BrN5O2/c1-3-29-20-7-5-4-6-19(20)27-21(22(29)30)28-12-10-16(11-13-28)25-23(31)26-17-8-9-18(24)15(2)14-17/h4-9,14,16H,3,10-13H2,1-2H3,(H2,25,26,31). The molecule has 0 aliphatic carbocycles. The minimum absolute atomic E-state index is 0.0571. The number of para-hydroxylation sites is 2. The van der Waals surface area contributed by atoms with Crippen molar-refractivity contribution in [3.8, 4) is 0 Å². The predicted octanol–water partition coefficient (Wildman–Crippen LogP) is 4.28. The van der Waals surface area contributed by atoms with Crippen LogP contribution in [0.25, 0.3) is 11.0 Å². The molecule has 0 atom stereocenters. The first-order valence-corrected chi connectivity index (χ1v) is 11.3. The lowest BCUT2D eigenvalue weighted by atomic mass is 10.1. The molecule has 7 nitrogen and oxygen atoms in total. The fourth-order valence-electron chi connectivity index (χ4n) is 4.01. The van der Waals surface area contributed by atoms with Crippen molar-refractivity contribution in [2.45, 2.75) is 39.3 Å². The number of hydrogen-bond acceptors (Lipinski definition) is 4. The van der Waals surface area contributed by atoms with Gasteiger partial charge in [-0.3, -0.25) is 4.79 Å². The van der Waals surface area contributed by atoms with Crippen molar-refractivity contribution in [1.29, 1.82) is 0 Å². The molecule has 1 aliphatic rings. The molecule has 0 radical (unpaired) electrons. The molecule has 31 heavy (non-hydrogen) atoms. The maximum atomic E-state index is 13.0.